The molecule has 2 aromatic rings. The fraction of sp³-hybridized carbons (Fsp3) is 0.500. The molecule has 0 atom stereocenters. The monoisotopic (exact) mass is 357 g/mol. The summed E-state index contributed by atoms with van der Waals surface area (Å²) in [4.78, 5) is 21.3. The van der Waals surface area contributed by atoms with E-state index in [0.717, 1.165) is 47.6 Å². The summed E-state index contributed by atoms with van der Waals surface area (Å²) < 4.78 is 0. The van der Waals surface area contributed by atoms with E-state index in [0.29, 0.717) is 0 Å². The van der Waals surface area contributed by atoms with E-state index in [1.807, 2.05) is 19.1 Å². The summed E-state index contributed by atoms with van der Waals surface area (Å²) in [5.74, 6) is 0.833. The van der Waals surface area contributed by atoms with E-state index in [1.54, 1.807) is 23.2 Å². The fourth-order valence-electron chi connectivity index (χ4n) is 3.38. The van der Waals surface area contributed by atoms with E-state index >= 15 is 0 Å². The van der Waals surface area contributed by atoms with Gasteiger partial charge in [-0.25, -0.2) is 4.98 Å². The van der Waals surface area contributed by atoms with Gasteiger partial charge in [-0.1, -0.05) is 24.6 Å². The van der Waals surface area contributed by atoms with Crippen molar-refractivity contribution in [1.82, 2.24) is 9.88 Å². The highest BCUT2D eigenvalue weighted by Crippen LogP contribution is 2.32. The zero-order valence-corrected chi connectivity index (χ0v) is 16.4. The molecule has 1 saturated heterocycles. The number of thiazole rings is 1. The molecular formula is C20H27N3OS. The Morgan fingerprint density at radius 2 is 2.04 bits per heavy atom. The van der Waals surface area contributed by atoms with E-state index in [2.05, 4.69) is 30.2 Å². The second-order valence-electron chi connectivity index (χ2n) is 7.22. The van der Waals surface area contributed by atoms with Gasteiger partial charge in [-0.2, -0.15) is 0 Å². The number of anilines is 2. The van der Waals surface area contributed by atoms with Crippen molar-refractivity contribution in [3.8, 4) is 0 Å². The molecule has 1 aliphatic heterocycles. The molecule has 0 saturated carbocycles. The summed E-state index contributed by atoms with van der Waals surface area (Å²) in [5.41, 5.74) is 4.28. The number of carbonyl (C=O) groups excluding carboxylic acids is 1. The third-order valence-electron chi connectivity index (χ3n) is 4.90. The van der Waals surface area contributed by atoms with Crippen LogP contribution in [-0.4, -0.2) is 28.9 Å². The summed E-state index contributed by atoms with van der Waals surface area (Å²) in [6, 6.07) is 6.16. The van der Waals surface area contributed by atoms with Crippen molar-refractivity contribution in [2.45, 2.75) is 47.1 Å². The van der Waals surface area contributed by atoms with Gasteiger partial charge in [-0.05, 0) is 57.3 Å². The van der Waals surface area contributed by atoms with Crippen LogP contribution in [0, 0.1) is 19.8 Å². The number of nitrogens with zero attached hydrogens (tertiary/aromatic N) is 3. The van der Waals surface area contributed by atoms with Crippen LogP contribution in [0.3, 0.4) is 0 Å². The maximum absolute atomic E-state index is 12.3. The molecule has 1 aliphatic rings. The van der Waals surface area contributed by atoms with Gasteiger partial charge in [0, 0.05) is 18.8 Å². The minimum absolute atomic E-state index is 0.000324. The number of likely N-dealkylation sites (tertiary alicyclic amines) is 1. The first-order chi connectivity index (χ1) is 11.9. The van der Waals surface area contributed by atoms with Crippen molar-refractivity contribution >= 4 is 28.1 Å². The van der Waals surface area contributed by atoms with Crippen molar-refractivity contribution in [3.05, 3.63) is 40.4 Å². The molecule has 3 rings (SSSR count). The molecule has 0 bridgehead atoms. The normalized spacial score (nSPS) is 16.2. The van der Waals surface area contributed by atoms with Crippen molar-refractivity contribution in [3.63, 3.8) is 0 Å². The Bertz CT molecular complexity index is 747. The average molecular weight is 358 g/mol. The van der Waals surface area contributed by atoms with Gasteiger partial charge in [0.15, 0.2) is 5.13 Å². The van der Waals surface area contributed by atoms with Gasteiger partial charge in [-0.15, -0.1) is 11.3 Å². The molecular weight excluding hydrogens is 330 g/mol. The Morgan fingerprint density at radius 1 is 1.32 bits per heavy atom. The average Bonchev–Trinajstić information content (AvgIpc) is 3.00. The van der Waals surface area contributed by atoms with E-state index in [4.69, 9.17) is 4.98 Å². The van der Waals surface area contributed by atoms with Gasteiger partial charge in [0.1, 0.15) is 0 Å². The highest BCUT2D eigenvalue weighted by Gasteiger charge is 2.21. The number of piperidine rings is 1. The number of hydrogen-bond donors (Lipinski definition) is 0. The zero-order chi connectivity index (χ0) is 18.0. The van der Waals surface area contributed by atoms with E-state index < -0.39 is 0 Å². The Labute approximate surface area is 154 Å². The third kappa shape index (κ3) is 4.28. The van der Waals surface area contributed by atoms with Crippen LogP contribution in [0.4, 0.5) is 10.8 Å². The van der Waals surface area contributed by atoms with E-state index in [1.165, 1.54) is 18.4 Å². The van der Waals surface area contributed by atoms with Gasteiger partial charge in [0.25, 0.3) is 0 Å². The molecule has 5 heteroatoms. The van der Waals surface area contributed by atoms with Gasteiger partial charge < -0.3 is 0 Å². The van der Waals surface area contributed by atoms with Crippen molar-refractivity contribution in [1.29, 1.82) is 0 Å². The molecule has 134 valence electrons. The van der Waals surface area contributed by atoms with Crippen molar-refractivity contribution in [2.24, 2.45) is 5.92 Å². The van der Waals surface area contributed by atoms with Crippen LogP contribution < -0.4 is 4.90 Å². The number of amides is 1. The molecule has 1 aromatic carbocycles. The summed E-state index contributed by atoms with van der Waals surface area (Å²) in [6.07, 6.45) is 2.53. The van der Waals surface area contributed by atoms with Gasteiger partial charge in [0.05, 0.1) is 11.4 Å². The number of rotatable bonds is 4. The summed E-state index contributed by atoms with van der Waals surface area (Å²) in [7, 11) is 0. The lowest BCUT2D eigenvalue weighted by Crippen LogP contribution is -2.32. The predicted octanol–water partition coefficient (Wildman–Crippen LogP) is 4.68. The number of carbonyl (C=O) groups is 1. The molecule has 1 fully saturated rings. The lowest BCUT2D eigenvalue weighted by Gasteiger charge is -2.29. The Kier molecular flexibility index (Phi) is 5.54. The van der Waals surface area contributed by atoms with Crippen LogP contribution in [0.25, 0.3) is 0 Å². The molecule has 0 spiro atoms. The number of aryl methyl sites for hydroxylation is 2. The Morgan fingerprint density at radius 3 is 2.68 bits per heavy atom. The third-order valence-corrected chi connectivity index (χ3v) is 5.78. The van der Waals surface area contributed by atoms with E-state index in [9.17, 15) is 4.79 Å². The van der Waals surface area contributed by atoms with Crippen LogP contribution in [-0.2, 0) is 11.3 Å². The van der Waals surface area contributed by atoms with Crippen molar-refractivity contribution in [2.75, 3.05) is 18.0 Å². The maximum Gasteiger partial charge on any atom is 0.230 e. The highest BCUT2D eigenvalue weighted by atomic mass is 32.1. The Hall–Kier alpha value is -1.72. The van der Waals surface area contributed by atoms with Gasteiger partial charge in [0.2, 0.25) is 5.91 Å². The molecule has 25 heavy (non-hydrogen) atoms. The molecule has 1 amide bonds. The van der Waals surface area contributed by atoms with Crippen LogP contribution in [0.15, 0.2) is 23.6 Å². The fourth-order valence-corrected chi connectivity index (χ4v) is 4.26. The molecule has 0 radical (unpaired) electrons. The minimum Gasteiger partial charge on any atom is -0.297 e. The highest BCUT2D eigenvalue weighted by molar-refractivity contribution is 7.14. The summed E-state index contributed by atoms with van der Waals surface area (Å²) >= 11 is 1.55. The topological polar surface area (TPSA) is 36.4 Å². The SMILES string of the molecule is CC(=O)N(c1nc(CN2CCC(C)CC2)cs1)c1ccc(C)cc1C. The van der Waals surface area contributed by atoms with Crippen molar-refractivity contribution < 1.29 is 4.79 Å². The van der Waals surface area contributed by atoms with E-state index in [-0.39, 0.29) is 5.91 Å². The minimum atomic E-state index is -0.000324. The number of aromatic nitrogens is 1. The lowest BCUT2D eigenvalue weighted by atomic mass is 9.99. The Balaban J connectivity index is 1.79. The van der Waals surface area contributed by atoms with Gasteiger partial charge in [-0.3, -0.25) is 14.6 Å². The largest absolute Gasteiger partial charge is 0.297 e. The molecule has 0 aliphatic carbocycles. The molecule has 2 heterocycles. The van der Waals surface area contributed by atoms with Crippen LogP contribution in [0.2, 0.25) is 0 Å². The zero-order valence-electron chi connectivity index (χ0n) is 15.6. The molecule has 4 nitrogen and oxygen atoms in total. The molecule has 0 N–H and O–H groups in total. The second-order valence-corrected chi connectivity index (χ2v) is 8.06. The van der Waals surface area contributed by atoms with Crippen LogP contribution in [0.1, 0.15) is 43.5 Å². The van der Waals surface area contributed by atoms with Gasteiger partial charge >= 0.3 is 0 Å². The molecule has 0 unspecified atom stereocenters. The summed E-state index contributed by atoms with van der Waals surface area (Å²) in [5, 5.41) is 2.85. The smallest absolute Gasteiger partial charge is 0.230 e. The first kappa shape index (κ1) is 18.1. The standard InChI is InChI=1S/C20H27N3OS/c1-14-7-9-22(10-8-14)12-18-13-25-20(21-18)23(17(4)24)19-6-5-15(2)11-16(19)3/h5-6,11,13-14H,7-10,12H2,1-4H3. The number of benzene rings is 1. The second kappa shape index (κ2) is 7.67. The predicted molar refractivity (Wildman–Crippen MR) is 105 cm³/mol. The van der Waals surface area contributed by atoms with Crippen LogP contribution >= 0.6 is 11.3 Å². The first-order valence-corrected chi connectivity index (χ1v) is 9.86. The summed E-state index contributed by atoms with van der Waals surface area (Å²) in [6.45, 7) is 11.2. The first-order valence-electron chi connectivity index (χ1n) is 8.98. The quantitative estimate of drug-likeness (QED) is 0.797. The maximum atomic E-state index is 12.3. The number of hydrogen-bond acceptors (Lipinski definition) is 4. The van der Waals surface area contributed by atoms with Crippen LogP contribution in [0.5, 0.6) is 0 Å². The lowest BCUT2D eigenvalue weighted by molar-refractivity contribution is -0.115. The molecule has 1 aromatic heterocycles.